The molecular weight excluding hydrogens is 430 g/mol. The molecule has 0 saturated heterocycles. The van der Waals surface area contributed by atoms with Crippen molar-refractivity contribution in [1.82, 2.24) is 20.2 Å². The van der Waals surface area contributed by atoms with Crippen LogP contribution in [0.15, 0.2) is 29.6 Å². The summed E-state index contributed by atoms with van der Waals surface area (Å²) in [6.07, 6.45) is 10.7. The molecule has 1 aliphatic carbocycles. The van der Waals surface area contributed by atoms with Crippen LogP contribution < -0.4 is 16.5 Å². The fourth-order valence-corrected chi connectivity index (χ4v) is 4.66. The van der Waals surface area contributed by atoms with Crippen molar-refractivity contribution in [2.24, 2.45) is 23.8 Å². The number of aromatic amines is 1. The van der Waals surface area contributed by atoms with Gasteiger partial charge in [0, 0.05) is 41.0 Å². The van der Waals surface area contributed by atoms with Gasteiger partial charge in [0.25, 0.3) is 5.91 Å². The van der Waals surface area contributed by atoms with E-state index in [0.717, 1.165) is 53.4 Å². The van der Waals surface area contributed by atoms with Crippen LogP contribution in [0, 0.1) is 5.92 Å². The lowest BCUT2D eigenvalue weighted by molar-refractivity contribution is -0.118. The number of aromatic nitrogens is 3. The Morgan fingerprint density at radius 3 is 2.78 bits per heavy atom. The fourth-order valence-electron chi connectivity index (χ4n) is 4.66. The third kappa shape index (κ3) is 3.89. The van der Waals surface area contributed by atoms with Crippen molar-refractivity contribution >= 4 is 47.0 Å². The number of aryl methyl sites for hydroxylation is 1. The molecule has 2 aromatic heterocycles. The summed E-state index contributed by atoms with van der Waals surface area (Å²) in [6, 6.07) is 2.96. The summed E-state index contributed by atoms with van der Waals surface area (Å²) in [5.74, 6) is -0.350. The van der Waals surface area contributed by atoms with Crippen molar-refractivity contribution < 1.29 is 9.59 Å². The van der Waals surface area contributed by atoms with Gasteiger partial charge in [0.05, 0.1) is 29.7 Å². The minimum absolute atomic E-state index is 0. The lowest BCUT2D eigenvalue weighted by Gasteiger charge is -2.26. The zero-order valence-corrected chi connectivity index (χ0v) is 18.5. The highest BCUT2D eigenvalue weighted by atomic mass is 35.5. The van der Waals surface area contributed by atoms with Gasteiger partial charge in [-0.2, -0.15) is 10.2 Å². The number of benzene rings is 1. The summed E-state index contributed by atoms with van der Waals surface area (Å²) in [5, 5.41) is 12.0. The molecule has 5 N–H and O–H groups in total. The van der Waals surface area contributed by atoms with Crippen molar-refractivity contribution in [2.75, 3.05) is 5.32 Å². The average molecular weight is 456 g/mol. The van der Waals surface area contributed by atoms with Crippen LogP contribution in [0.5, 0.6) is 0 Å². The van der Waals surface area contributed by atoms with Gasteiger partial charge in [-0.05, 0) is 30.9 Å². The van der Waals surface area contributed by atoms with Crippen molar-refractivity contribution in [1.29, 1.82) is 0 Å². The van der Waals surface area contributed by atoms with Crippen molar-refractivity contribution in [3.63, 3.8) is 0 Å². The monoisotopic (exact) mass is 455 g/mol. The van der Waals surface area contributed by atoms with Crippen molar-refractivity contribution in [2.45, 2.75) is 38.1 Å². The standard InChI is InChI=1S/C22H25N7O2.ClH/c1-29-11-13(9-25-29)20-16-10-24-28-21(30)15-7-14(8-17(27-20)18(15)16)26-22(31)19(23)12-5-3-2-4-6-12;/h7-12,19,27H,2-6,23H2,1H3,(H,26,31)(H,28,30);1H/t19-;/m1./s1. The zero-order valence-electron chi connectivity index (χ0n) is 17.7. The summed E-state index contributed by atoms with van der Waals surface area (Å²) in [5.41, 5.74) is 13.0. The van der Waals surface area contributed by atoms with Crippen LogP contribution in [0.25, 0.3) is 22.2 Å². The molecule has 1 aromatic carbocycles. The number of rotatable bonds is 4. The number of hydrogen-bond acceptors (Lipinski definition) is 5. The Kier molecular flexibility index (Phi) is 6.03. The molecule has 5 rings (SSSR count). The van der Waals surface area contributed by atoms with Gasteiger partial charge in [-0.3, -0.25) is 14.3 Å². The number of halogens is 1. The first-order chi connectivity index (χ1) is 15.0. The molecule has 0 radical (unpaired) electrons. The second kappa shape index (κ2) is 8.76. The molecule has 0 spiro atoms. The third-order valence-electron chi connectivity index (χ3n) is 6.26. The number of amides is 2. The molecule has 1 atom stereocenters. The van der Waals surface area contributed by atoms with Gasteiger partial charge in [0.2, 0.25) is 5.91 Å². The van der Waals surface area contributed by atoms with E-state index in [2.05, 4.69) is 25.9 Å². The number of nitrogens with one attached hydrogen (secondary N) is 3. The molecule has 0 bridgehead atoms. The predicted molar refractivity (Wildman–Crippen MR) is 126 cm³/mol. The van der Waals surface area contributed by atoms with Crippen molar-refractivity contribution in [3.05, 3.63) is 35.7 Å². The van der Waals surface area contributed by atoms with Gasteiger partial charge in [0.15, 0.2) is 0 Å². The predicted octanol–water partition coefficient (Wildman–Crippen LogP) is 2.91. The number of nitrogens with two attached hydrogens (primary N) is 1. The minimum atomic E-state index is -0.558. The summed E-state index contributed by atoms with van der Waals surface area (Å²) in [6.45, 7) is 0. The molecular formula is C22H26ClN7O2. The Morgan fingerprint density at radius 2 is 2.06 bits per heavy atom. The number of hydrazone groups is 1. The SMILES string of the molecule is Cl.Cn1cc(-c2[nH]c3cc(NC(=O)[C@H](N)C4CCCCC4)cc4c3c2C=NNC4=O)cn1. The van der Waals surface area contributed by atoms with Crippen LogP contribution in [0.2, 0.25) is 0 Å². The number of hydrogen-bond donors (Lipinski definition) is 4. The molecule has 168 valence electrons. The molecule has 32 heavy (non-hydrogen) atoms. The van der Waals surface area contributed by atoms with Crippen LogP contribution in [0.1, 0.15) is 48.0 Å². The Morgan fingerprint density at radius 1 is 1.28 bits per heavy atom. The van der Waals surface area contributed by atoms with E-state index in [9.17, 15) is 9.59 Å². The summed E-state index contributed by atoms with van der Waals surface area (Å²) in [4.78, 5) is 28.9. The minimum Gasteiger partial charge on any atom is -0.354 e. The third-order valence-corrected chi connectivity index (χ3v) is 6.26. The van der Waals surface area contributed by atoms with E-state index in [-0.39, 0.29) is 30.1 Å². The molecule has 2 aliphatic rings. The molecule has 10 heteroatoms. The number of anilines is 1. The molecule has 1 saturated carbocycles. The first-order valence-electron chi connectivity index (χ1n) is 10.6. The topological polar surface area (TPSA) is 130 Å². The van der Waals surface area contributed by atoms with Crippen LogP contribution in [0.4, 0.5) is 5.69 Å². The number of H-pyrrole nitrogens is 1. The van der Waals surface area contributed by atoms with Gasteiger partial charge < -0.3 is 16.0 Å². The van der Waals surface area contributed by atoms with Crippen LogP contribution >= 0.6 is 12.4 Å². The summed E-state index contributed by atoms with van der Waals surface area (Å²) >= 11 is 0. The van der Waals surface area contributed by atoms with Gasteiger partial charge in [-0.1, -0.05) is 19.3 Å². The molecule has 2 amide bonds. The van der Waals surface area contributed by atoms with Crippen LogP contribution in [-0.2, 0) is 11.8 Å². The molecule has 3 aromatic rings. The second-order valence-corrected chi connectivity index (χ2v) is 8.37. The van der Waals surface area contributed by atoms with E-state index >= 15 is 0 Å². The van der Waals surface area contributed by atoms with E-state index in [4.69, 9.17) is 5.73 Å². The lowest BCUT2D eigenvalue weighted by Crippen LogP contribution is -2.42. The van der Waals surface area contributed by atoms with Crippen LogP contribution in [-0.4, -0.2) is 38.8 Å². The number of nitrogens with zero attached hydrogens (tertiary/aromatic N) is 3. The Labute approximate surface area is 191 Å². The fraction of sp³-hybridized carbons (Fsp3) is 0.364. The second-order valence-electron chi connectivity index (χ2n) is 8.37. The highest BCUT2D eigenvalue weighted by Gasteiger charge is 2.27. The zero-order chi connectivity index (χ0) is 21.5. The van der Waals surface area contributed by atoms with Crippen molar-refractivity contribution in [3.8, 4) is 11.3 Å². The van der Waals surface area contributed by atoms with E-state index in [1.807, 2.05) is 19.3 Å². The molecule has 1 fully saturated rings. The average Bonchev–Trinajstić information content (AvgIpc) is 3.31. The summed E-state index contributed by atoms with van der Waals surface area (Å²) < 4.78 is 1.71. The van der Waals surface area contributed by atoms with E-state index in [0.29, 0.717) is 11.3 Å². The first-order valence-corrected chi connectivity index (χ1v) is 10.6. The van der Waals surface area contributed by atoms with E-state index < -0.39 is 6.04 Å². The molecule has 9 nitrogen and oxygen atoms in total. The van der Waals surface area contributed by atoms with Gasteiger partial charge in [0.1, 0.15) is 0 Å². The maximum atomic E-state index is 12.8. The van der Waals surface area contributed by atoms with E-state index in [1.165, 1.54) is 6.42 Å². The molecule has 1 aliphatic heterocycles. The van der Waals surface area contributed by atoms with Crippen LogP contribution in [0.3, 0.4) is 0 Å². The number of carbonyl (C=O) groups is 2. The normalized spacial score (nSPS) is 16.9. The smallest absolute Gasteiger partial charge is 0.272 e. The maximum Gasteiger partial charge on any atom is 0.272 e. The largest absolute Gasteiger partial charge is 0.354 e. The Bertz CT molecular complexity index is 1210. The van der Waals surface area contributed by atoms with Gasteiger partial charge in [-0.15, -0.1) is 12.4 Å². The Hall–Kier alpha value is -3.17. The number of carbonyl (C=O) groups excluding carboxylic acids is 2. The maximum absolute atomic E-state index is 12.8. The quantitative estimate of drug-likeness (QED) is 0.481. The van der Waals surface area contributed by atoms with Gasteiger partial charge >= 0.3 is 0 Å². The van der Waals surface area contributed by atoms with Gasteiger partial charge in [-0.25, -0.2) is 5.43 Å². The Balaban J connectivity index is 0.00000245. The highest BCUT2D eigenvalue weighted by Crippen LogP contribution is 2.34. The summed E-state index contributed by atoms with van der Waals surface area (Å²) in [7, 11) is 1.84. The lowest BCUT2D eigenvalue weighted by atomic mass is 9.84. The molecule has 0 unspecified atom stereocenters. The van der Waals surface area contributed by atoms with E-state index in [1.54, 1.807) is 23.2 Å². The first kappa shape index (κ1) is 22.0. The molecule has 3 heterocycles. The highest BCUT2D eigenvalue weighted by molar-refractivity contribution is 6.18.